The Kier molecular flexibility index (Phi) is 11.2. The minimum absolute atomic E-state index is 0.0233. The van der Waals surface area contributed by atoms with Crippen LogP contribution in [0.5, 0.6) is 5.75 Å². The van der Waals surface area contributed by atoms with Gasteiger partial charge in [-0.2, -0.15) is 9.37 Å². The summed E-state index contributed by atoms with van der Waals surface area (Å²) in [4.78, 5) is 68.1. The predicted octanol–water partition coefficient (Wildman–Crippen LogP) is 3.74. The highest BCUT2D eigenvalue weighted by atomic mass is 19.2. The van der Waals surface area contributed by atoms with Crippen LogP contribution in [-0.2, 0) is 23.1 Å². The molecular formula is C40H43F3N10O6. The maximum absolute atomic E-state index is 14.1. The van der Waals surface area contributed by atoms with Gasteiger partial charge in [-0.25, -0.2) is 23.5 Å². The average molecular weight is 817 g/mol. The highest BCUT2D eigenvalue weighted by molar-refractivity contribution is 6.00. The maximum atomic E-state index is 14.1. The quantitative estimate of drug-likeness (QED) is 0.129. The lowest BCUT2D eigenvalue weighted by molar-refractivity contribution is -0.135. The third-order valence-corrected chi connectivity index (χ3v) is 11.7. The van der Waals surface area contributed by atoms with Crippen LogP contribution in [-0.4, -0.2) is 96.2 Å². The Hall–Kier alpha value is -6.11. The largest absolute Gasteiger partial charge is 0.503 e. The van der Waals surface area contributed by atoms with Crippen LogP contribution in [0.2, 0.25) is 0 Å². The van der Waals surface area contributed by atoms with Crippen molar-refractivity contribution in [3.63, 3.8) is 0 Å². The number of phenolic OH excluding ortho intramolecular Hbond substituents is 1. The van der Waals surface area contributed by atoms with E-state index in [2.05, 4.69) is 35.6 Å². The summed E-state index contributed by atoms with van der Waals surface area (Å²) in [5.74, 6) is -6.51. The number of aryl methyl sites for hydroxylation is 2. The zero-order chi connectivity index (χ0) is 41.4. The molecular weight excluding hydrogens is 773 g/mol. The second-order valence-corrected chi connectivity index (χ2v) is 15.4. The monoisotopic (exact) mass is 816 g/mol. The van der Waals surface area contributed by atoms with E-state index in [0.29, 0.717) is 61.2 Å². The molecule has 0 unspecified atom stereocenters. The van der Waals surface area contributed by atoms with Crippen molar-refractivity contribution in [2.45, 2.75) is 63.3 Å². The Bertz CT molecular complexity index is 2470. The fraction of sp³-hybridized carbons (Fsp3) is 0.450. The molecule has 1 aliphatic carbocycles. The third-order valence-electron chi connectivity index (χ3n) is 11.7. The Morgan fingerprint density at radius 3 is 2.51 bits per heavy atom. The van der Waals surface area contributed by atoms with Crippen LogP contribution >= 0.6 is 0 Å². The molecule has 16 nitrogen and oxygen atoms in total. The number of carbonyl (C=O) groups is 3. The van der Waals surface area contributed by atoms with Gasteiger partial charge in [0, 0.05) is 58.3 Å². The van der Waals surface area contributed by atoms with Crippen molar-refractivity contribution in [1.29, 1.82) is 0 Å². The predicted molar refractivity (Wildman–Crippen MR) is 206 cm³/mol. The molecule has 3 amide bonds. The number of rotatable bonds is 11. The van der Waals surface area contributed by atoms with Gasteiger partial charge in [-0.15, -0.1) is 0 Å². The number of nitrogens with one attached hydrogen (secondary N) is 2. The third kappa shape index (κ3) is 8.15. The molecule has 0 bridgehead atoms. The summed E-state index contributed by atoms with van der Waals surface area (Å²) in [5, 5.41) is 18.3. The number of phenols is 1. The summed E-state index contributed by atoms with van der Waals surface area (Å²) in [6.45, 7) is 4.23. The number of anilines is 1. The fourth-order valence-corrected chi connectivity index (χ4v) is 8.30. The van der Waals surface area contributed by atoms with Gasteiger partial charge in [-0.05, 0) is 87.2 Å². The molecule has 0 radical (unpaired) electrons. The van der Waals surface area contributed by atoms with E-state index in [1.807, 2.05) is 18.2 Å². The molecule has 3 N–H and O–H groups in total. The number of piperidine rings is 1. The molecule has 1 atom stereocenters. The second-order valence-electron chi connectivity index (χ2n) is 15.4. The zero-order valence-electron chi connectivity index (χ0n) is 32.3. The second kappa shape index (κ2) is 16.6. The van der Waals surface area contributed by atoms with Crippen LogP contribution in [0.1, 0.15) is 78.7 Å². The number of nitrogens with zero attached hydrogens (tertiary/aromatic N) is 8. The van der Waals surface area contributed by atoms with Crippen molar-refractivity contribution in [2.75, 3.05) is 44.2 Å². The molecule has 8 rings (SSSR count). The molecule has 3 aliphatic rings. The first-order valence-corrected chi connectivity index (χ1v) is 19.8. The lowest BCUT2D eigenvalue weighted by atomic mass is 9.81. The first kappa shape index (κ1) is 39.7. The first-order valence-electron chi connectivity index (χ1n) is 19.8. The van der Waals surface area contributed by atoms with Gasteiger partial charge in [-0.3, -0.25) is 33.7 Å². The molecule has 5 heterocycles. The highest BCUT2D eigenvalue weighted by Gasteiger charge is 2.32. The summed E-state index contributed by atoms with van der Waals surface area (Å²) >= 11 is 0. The Balaban J connectivity index is 0.795. The van der Waals surface area contributed by atoms with E-state index in [4.69, 9.17) is 9.51 Å². The Labute approximate surface area is 335 Å². The van der Waals surface area contributed by atoms with Crippen LogP contribution in [0.25, 0.3) is 22.6 Å². The van der Waals surface area contributed by atoms with E-state index >= 15 is 0 Å². The molecule has 2 saturated heterocycles. The summed E-state index contributed by atoms with van der Waals surface area (Å²) in [6, 6.07) is 7.38. The average Bonchev–Trinajstić information content (AvgIpc) is 3.84. The van der Waals surface area contributed by atoms with Crippen molar-refractivity contribution in [2.24, 2.45) is 13.0 Å². The van der Waals surface area contributed by atoms with E-state index < -0.39 is 46.6 Å². The number of fused-ring (bicyclic) bond motifs is 1. The van der Waals surface area contributed by atoms with Crippen molar-refractivity contribution in [3.05, 3.63) is 81.4 Å². The Morgan fingerprint density at radius 1 is 0.966 bits per heavy atom. The van der Waals surface area contributed by atoms with Gasteiger partial charge in [0.1, 0.15) is 11.7 Å². The minimum atomic E-state index is -1.80. The number of hydrogen-bond donors (Lipinski definition) is 3. The number of carbonyl (C=O) groups excluding carboxylic acids is 3. The van der Waals surface area contributed by atoms with E-state index in [0.717, 1.165) is 56.6 Å². The smallest absolute Gasteiger partial charge is 0.329 e. The highest BCUT2D eigenvalue weighted by Crippen LogP contribution is 2.35. The van der Waals surface area contributed by atoms with Crippen LogP contribution in [0.4, 0.5) is 19.1 Å². The number of imidazole rings is 1. The SMILES string of the molecule is Cn1c(=O)n([C@@H]2CCC(=O)NC2=O)c2ccc(CCCN3CCN(c4nccc(-c5nc(C6CCC(CNC(=O)c7cc(F)c(O)c(F)c7F)CC6)no5)n4)CC3)cc21. The number of benzene rings is 2. The van der Waals surface area contributed by atoms with Crippen molar-refractivity contribution in [1.82, 2.24) is 44.8 Å². The van der Waals surface area contributed by atoms with Gasteiger partial charge in [0.15, 0.2) is 23.2 Å². The van der Waals surface area contributed by atoms with Crippen LogP contribution in [0, 0.1) is 23.4 Å². The summed E-state index contributed by atoms with van der Waals surface area (Å²) in [6.07, 6.45) is 6.75. The van der Waals surface area contributed by atoms with Crippen LogP contribution < -0.4 is 21.2 Å². The minimum Gasteiger partial charge on any atom is -0.503 e. The number of imide groups is 1. The number of halogens is 3. The zero-order valence-corrected chi connectivity index (χ0v) is 32.3. The molecule has 3 aromatic heterocycles. The molecule has 0 spiro atoms. The molecule has 310 valence electrons. The van der Waals surface area contributed by atoms with E-state index in [1.165, 1.54) is 4.57 Å². The summed E-state index contributed by atoms with van der Waals surface area (Å²) < 4.78 is 50.2. The lowest BCUT2D eigenvalue weighted by Gasteiger charge is -2.34. The van der Waals surface area contributed by atoms with Crippen molar-refractivity contribution < 1.29 is 37.2 Å². The maximum Gasteiger partial charge on any atom is 0.329 e. The molecule has 5 aromatic rings. The molecule has 2 aromatic carbocycles. The number of hydrogen-bond acceptors (Lipinski definition) is 12. The Morgan fingerprint density at radius 2 is 1.75 bits per heavy atom. The van der Waals surface area contributed by atoms with Gasteiger partial charge in [0.25, 0.3) is 11.8 Å². The van der Waals surface area contributed by atoms with Gasteiger partial charge in [0.2, 0.25) is 23.6 Å². The summed E-state index contributed by atoms with van der Waals surface area (Å²) in [7, 11) is 1.70. The number of aromatic nitrogens is 6. The lowest BCUT2D eigenvalue weighted by Crippen LogP contribution is -2.47. The van der Waals surface area contributed by atoms with Gasteiger partial charge in [-0.1, -0.05) is 11.2 Å². The topological polar surface area (TPSA) is 194 Å². The fourth-order valence-electron chi connectivity index (χ4n) is 8.30. The van der Waals surface area contributed by atoms with Gasteiger partial charge >= 0.3 is 5.69 Å². The van der Waals surface area contributed by atoms with Gasteiger partial charge < -0.3 is 19.8 Å². The standard InChI is InChI=1S/C40H43F3N10O6/c1-50-30-19-22(6-9-28(30)53(40(50)58)29-10-11-31(54)47-37(29)57)3-2-14-51-15-17-52(18-16-51)39-44-13-12-27(46-39)38-48-35(49-59-38)24-7-4-23(5-8-24)21-45-36(56)25-20-26(41)34(55)33(43)32(25)42/h6,9,12-13,19-20,23-24,29,55H,2-5,7-8,10-11,14-18,21H2,1H3,(H,45,56)(H,47,54,57)/t23?,24?,29-/m1/s1. The molecule has 19 heteroatoms. The van der Waals surface area contributed by atoms with Gasteiger partial charge in [0.05, 0.1) is 16.6 Å². The summed E-state index contributed by atoms with van der Waals surface area (Å²) in [5.41, 5.74) is 1.95. The van der Waals surface area contributed by atoms with E-state index in [9.17, 15) is 37.5 Å². The van der Waals surface area contributed by atoms with E-state index in [-0.39, 0.29) is 42.3 Å². The molecule has 1 saturated carbocycles. The van der Waals surface area contributed by atoms with Crippen molar-refractivity contribution >= 4 is 34.7 Å². The first-order chi connectivity index (χ1) is 28.4. The van der Waals surface area contributed by atoms with Crippen LogP contribution in [0.3, 0.4) is 0 Å². The number of amides is 3. The molecule has 3 fully saturated rings. The number of aromatic hydroxyl groups is 1. The number of piperazine rings is 1. The van der Waals surface area contributed by atoms with Crippen LogP contribution in [0.15, 0.2) is 45.8 Å². The molecule has 2 aliphatic heterocycles. The molecule has 59 heavy (non-hydrogen) atoms. The normalized spacial score (nSPS) is 20.3. The van der Waals surface area contributed by atoms with E-state index in [1.54, 1.807) is 23.9 Å². The van der Waals surface area contributed by atoms with Crippen molar-refractivity contribution in [3.8, 4) is 17.3 Å².